The summed E-state index contributed by atoms with van der Waals surface area (Å²) in [6, 6.07) is 1.57. The zero-order chi connectivity index (χ0) is 11.8. The number of nitrogens with zero attached hydrogens (tertiary/aromatic N) is 3. The van der Waals surface area contributed by atoms with Crippen molar-refractivity contribution in [3.63, 3.8) is 0 Å². The van der Waals surface area contributed by atoms with Crippen LogP contribution in [0.15, 0.2) is 28.1 Å². The molecule has 6 nitrogen and oxygen atoms in total. The van der Waals surface area contributed by atoms with Gasteiger partial charge in [0, 0.05) is 18.0 Å². The molecule has 16 heavy (non-hydrogen) atoms. The zero-order valence-electron chi connectivity index (χ0n) is 8.71. The lowest BCUT2D eigenvalue weighted by Crippen LogP contribution is -2.04. The highest BCUT2D eigenvalue weighted by Gasteiger charge is 2.14. The molecule has 0 aliphatic carbocycles. The topological polar surface area (TPSA) is 86.0 Å². The molecule has 2 aromatic heterocycles. The first-order chi connectivity index (χ1) is 7.48. The van der Waals surface area contributed by atoms with Gasteiger partial charge in [0.15, 0.2) is 5.76 Å². The second-order valence-electron chi connectivity index (χ2n) is 3.33. The molecule has 0 amide bonds. The van der Waals surface area contributed by atoms with E-state index in [1.165, 1.54) is 12.4 Å². The molecular weight excluding hydrogens is 230 g/mol. The van der Waals surface area contributed by atoms with Crippen LogP contribution in [0.5, 0.6) is 0 Å². The smallest absolute Gasteiger partial charge is 0.247 e. The third-order valence-corrected chi connectivity index (χ3v) is 2.81. The van der Waals surface area contributed by atoms with Crippen molar-refractivity contribution >= 4 is 9.84 Å². The molecule has 0 aliphatic heterocycles. The van der Waals surface area contributed by atoms with Gasteiger partial charge in [-0.1, -0.05) is 5.16 Å². The predicted octanol–water partition coefficient (Wildman–Crippen LogP) is 0.844. The summed E-state index contributed by atoms with van der Waals surface area (Å²) < 4.78 is 27.5. The van der Waals surface area contributed by atoms with E-state index >= 15 is 0 Å². The van der Waals surface area contributed by atoms with Crippen LogP contribution >= 0.6 is 0 Å². The first kappa shape index (κ1) is 10.7. The van der Waals surface area contributed by atoms with Crippen LogP contribution in [0.3, 0.4) is 0 Å². The van der Waals surface area contributed by atoms with Gasteiger partial charge in [-0.2, -0.15) is 0 Å². The van der Waals surface area contributed by atoms with Crippen molar-refractivity contribution < 1.29 is 12.9 Å². The van der Waals surface area contributed by atoms with Crippen LogP contribution in [0, 0.1) is 6.92 Å². The van der Waals surface area contributed by atoms with Gasteiger partial charge in [0.1, 0.15) is 5.69 Å². The fourth-order valence-electron chi connectivity index (χ4n) is 1.18. The van der Waals surface area contributed by atoms with Gasteiger partial charge in [0.25, 0.3) is 0 Å². The van der Waals surface area contributed by atoms with E-state index in [1.54, 1.807) is 13.0 Å². The summed E-state index contributed by atoms with van der Waals surface area (Å²) in [5.74, 6) is 0.451. The van der Waals surface area contributed by atoms with Gasteiger partial charge in [-0.3, -0.25) is 0 Å². The third-order valence-electron chi connectivity index (χ3n) is 1.95. The quantitative estimate of drug-likeness (QED) is 0.722. The van der Waals surface area contributed by atoms with Crippen LogP contribution in [-0.2, 0) is 9.84 Å². The molecule has 0 aliphatic rings. The minimum Gasteiger partial charge on any atom is -0.354 e. The van der Waals surface area contributed by atoms with Crippen molar-refractivity contribution in [2.75, 3.05) is 6.26 Å². The van der Waals surface area contributed by atoms with Crippen molar-refractivity contribution in [2.24, 2.45) is 0 Å². The van der Waals surface area contributed by atoms with Gasteiger partial charge in [-0.15, -0.1) is 0 Å². The van der Waals surface area contributed by atoms with Gasteiger partial charge in [-0.25, -0.2) is 18.4 Å². The SMILES string of the molecule is Cc1cnoc1-c1ccnc(S(C)(=O)=O)n1. The molecule has 0 atom stereocenters. The number of hydrogen-bond donors (Lipinski definition) is 0. The zero-order valence-corrected chi connectivity index (χ0v) is 9.52. The molecule has 0 N–H and O–H groups in total. The second-order valence-corrected chi connectivity index (χ2v) is 5.24. The van der Waals surface area contributed by atoms with E-state index in [0.717, 1.165) is 11.8 Å². The third kappa shape index (κ3) is 1.94. The predicted molar refractivity (Wildman–Crippen MR) is 55.4 cm³/mol. The summed E-state index contributed by atoms with van der Waals surface area (Å²) in [5, 5.41) is 3.38. The van der Waals surface area contributed by atoms with E-state index in [2.05, 4.69) is 15.1 Å². The molecule has 2 heterocycles. The van der Waals surface area contributed by atoms with Crippen molar-refractivity contribution in [1.82, 2.24) is 15.1 Å². The Kier molecular flexibility index (Phi) is 2.47. The lowest BCUT2D eigenvalue weighted by molar-refractivity contribution is 0.430. The van der Waals surface area contributed by atoms with Gasteiger partial charge < -0.3 is 4.52 Å². The van der Waals surface area contributed by atoms with Gasteiger partial charge in [0.05, 0.1) is 6.20 Å². The van der Waals surface area contributed by atoms with E-state index < -0.39 is 9.84 Å². The number of sulfone groups is 1. The van der Waals surface area contributed by atoms with Crippen molar-refractivity contribution in [1.29, 1.82) is 0 Å². The highest BCUT2D eigenvalue weighted by Crippen LogP contribution is 2.20. The molecule has 0 bridgehead atoms. The molecule has 84 valence electrons. The van der Waals surface area contributed by atoms with Crippen molar-refractivity contribution in [3.05, 3.63) is 24.0 Å². The molecule has 0 aromatic carbocycles. The summed E-state index contributed by atoms with van der Waals surface area (Å²) in [5.41, 5.74) is 1.20. The first-order valence-corrected chi connectivity index (χ1v) is 6.32. The van der Waals surface area contributed by atoms with E-state index in [9.17, 15) is 8.42 Å². The standard InChI is InChI=1S/C9H9N3O3S/c1-6-5-11-15-8(6)7-3-4-10-9(12-7)16(2,13)14/h3-5H,1-2H3. The molecule has 2 rings (SSSR count). The molecule has 2 aromatic rings. The Morgan fingerprint density at radius 1 is 1.38 bits per heavy atom. The second kappa shape index (κ2) is 3.67. The summed E-state index contributed by atoms with van der Waals surface area (Å²) in [7, 11) is -3.41. The summed E-state index contributed by atoms with van der Waals surface area (Å²) in [4.78, 5) is 7.60. The van der Waals surface area contributed by atoms with Crippen LogP contribution in [0.1, 0.15) is 5.56 Å². The molecular formula is C9H9N3O3S. The van der Waals surface area contributed by atoms with Gasteiger partial charge in [-0.05, 0) is 13.0 Å². The number of hydrogen-bond acceptors (Lipinski definition) is 6. The minimum atomic E-state index is -3.41. The van der Waals surface area contributed by atoms with Crippen LogP contribution < -0.4 is 0 Å². The molecule has 0 spiro atoms. The summed E-state index contributed by atoms with van der Waals surface area (Å²) in [6.45, 7) is 1.80. The molecule has 0 unspecified atom stereocenters. The van der Waals surface area contributed by atoms with Gasteiger partial charge >= 0.3 is 0 Å². The van der Waals surface area contributed by atoms with Crippen LogP contribution in [-0.4, -0.2) is 29.8 Å². The minimum absolute atomic E-state index is 0.221. The van der Waals surface area contributed by atoms with E-state index in [4.69, 9.17) is 4.52 Å². The Morgan fingerprint density at radius 2 is 2.12 bits per heavy atom. The molecule has 0 fully saturated rings. The average Bonchev–Trinajstić information content (AvgIpc) is 2.63. The Morgan fingerprint density at radius 3 is 2.69 bits per heavy atom. The van der Waals surface area contributed by atoms with Crippen LogP contribution in [0.25, 0.3) is 11.5 Å². The number of aryl methyl sites for hydroxylation is 1. The molecule has 0 saturated carbocycles. The summed E-state index contributed by atoms with van der Waals surface area (Å²) in [6.07, 6.45) is 3.97. The Balaban J connectivity index is 2.57. The largest absolute Gasteiger partial charge is 0.354 e. The van der Waals surface area contributed by atoms with Gasteiger partial charge in [0.2, 0.25) is 15.0 Å². The highest BCUT2D eigenvalue weighted by atomic mass is 32.2. The van der Waals surface area contributed by atoms with E-state index in [0.29, 0.717) is 11.5 Å². The van der Waals surface area contributed by atoms with E-state index in [1.807, 2.05) is 0 Å². The Hall–Kier alpha value is -1.76. The number of aromatic nitrogens is 3. The first-order valence-electron chi connectivity index (χ1n) is 4.43. The Labute approximate surface area is 92.2 Å². The maximum atomic E-state index is 11.3. The molecule has 0 saturated heterocycles. The normalized spacial score (nSPS) is 11.6. The van der Waals surface area contributed by atoms with Crippen molar-refractivity contribution in [2.45, 2.75) is 12.1 Å². The maximum absolute atomic E-state index is 11.3. The lowest BCUT2D eigenvalue weighted by Gasteiger charge is -1.99. The average molecular weight is 239 g/mol. The molecule has 7 heteroatoms. The monoisotopic (exact) mass is 239 g/mol. The fraction of sp³-hybridized carbons (Fsp3) is 0.222. The molecule has 0 radical (unpaired) electrons. The van der Waals surface area contributed by atoms with Crippen LogP contribution in [0.2, 0.25) is 0 Å². The highest BCUT2D eigenvalue weighted by molar-refractivity contribution is 7.90. The Bertz CT molecular complexity index is 618. The summed E-state index contributed by atoms with van der Waals surface area (Å²) >= 11 is 0. The van der Waals surface area contributed by atoms with Crippen molar-refractivity contribution in [3.8, 4) is 11.5 Å². The van der Waals surface area contributed by atoms with Crippen LogP contribution in [0.4, 0.5) is 0 Å². The number of rotatable bonds is 2. The van der Waals surface area contributed by atoms with E-state index in [-0.39, 0.29) is 5.16 Å². The maximum Gasteiger partial charge on any atom is 0.247 e. The fourth-order valence-corrected chi connectivity index (χ4v) is 1.70. The lowest BCUT2D eigenvalue weighted by atomic mass is 10.2.